The molecule has 0 aliphatic rings. The molecule has 0 atom stereocenters. The van der Waals surface area contributed by atoms with Gasteiger partial charge in [-0.2, -0.15) is 0 Å². The summed E-state index contributed by atoms with van der Waals surface area (Å²) in [4.78, 5) is 11.0. The molecule has 0 spiro atoms. The van der Waals surface area contributed by atoms with E-state index in [1.54, 1.807) is 12.1 Å². The van der Waals surface area contributed by atoms with Crippen molar-refractivity contribution in [2.24, 2.45) is 0 Å². The molecular formula is C16H17NO4S. The molecule has 0 fully saturated rings. The topological polar surface area (TPSA) is 74.7 Å². The molecule has 0 aliphatic carbocycles. The van der Waals surface area contributed by atoms with Gasteiger partial charge in [0, 0.05) is 7.05 Å². The molecule has 0 bridgehead atoms. The minimum absolute atomic E-state index is 0.0510. The van der Waals surface area contributed by atoms with E-state index in [1.165, 1.54) is 25.2 Å². The van der Waals surface area contributed by atoms with E-state index in [4.69, 9.17) is 5.11 Å². The van der Waals surface area contributed by atoms with Gasteiger partial charge in [-0.1, -0.05) is 35.9 Å². The zero-order valence-corrected chi connectivity index (χ0v) is 13.2. The summed E-state index contributed by atoms with van der Waals surface area (Å²) in [5, 5.41) is 8.99. The van der Waals surface area contributed by atoms with Crippen molar-refractivity contribution < 1.29 is 18.3 Å². The third-order valence-corrected chi connectivity index (χ3v) is 5.05. The molecule has 0 amide bonds. The lowest BCUT2D eigenvalue weighted by Gasteiger charge is -2.20. The number of rotatable bonds is 5. The molecule has 0 saturated carbocycles. The Bertz CT molecular complexity index is 799. The fourth-order valence-electron chi connectivity index (χ4n) is 2.10. The van der Waals surface area contributed by atoms with E-state index < -0.39 is 16.0 Å². The van der Waals surface area contributed by atoms with Gasteiger partial charge in [-0.3, -0.25) is 4.31 Å². The third kappa shape index (κ3) is 3.65. The van der Waals surface area contributed by atoms with Crippen LogP contribution in [0.2, 0.25) is 0 Å². The Morgan fingerprint density at radius 2 is 1.82 bits per heavy atom. The predicted octanol–water partition coefficient (Wildman–Crippen LogP) is 2.66. The van der Waals surface area contributed by atoms with E-state index in [0.29, 0.717) is 11.3 Å². The van der Waals surface area contributed by atoms with Crippen molar-refractivity contribution in [2.45, 2.75) is 12.7 Å². The summed E-state index contributed by atoms with van der Waals surface area (Å²) in [6.07, 6.45) is 0. The van der Waals surface area contributed by atoms with Crippen molar-refractivity contribution in [3.63, 3.8) is 0 Å². The SMILES string of the molecule is Cc1cccc(CS(=O)(=O)N(C)c2cccc(C(=O)O)c2)c1. The van der Waals surface area contributed by atoms with Gasteiger partial charge in [0.2, 0.25) is 10.0 Å². The van der Waals surface area contributed by atoms with E-state index in [0.717, 1.165) is 9.87 Å². The molecule has 2 aromatic rings. The Hall–Kier alpha value is -2.34. The van der Waals surface area contributed by atoms with Gasteiger partial charge in [-0.15, -0.1) is 0 Å². The van der Waals surface area contributed by atoms with Gasteiger partial charge < -0.3 is 5.11 Å². The maximum atomic E-state index is 12.5. The highest BCUT2D eigenvalue weighted by Crippen LogP contribution is 2.20. The smallest absolute Gasteiger partial charge is 0.335 e. The molecular weight excluding hydrogens is 302 g/mol. The monoisotopic (exact) mass is 319 g/mol. The summed E-state index contributed by atoms with van der Waals surface area (Å²) < 4.78 is 26.1. The number of hydrogen-bond acceptors (Lipinski definition) is 3. The normalized spacial score (nSPS) is 11.2. The number of aromatic carboxylic acids is 1. The maximum Gasteiger partial charge on any atom is 0.335 e. The highest BCUT2D eigenvalue weighted by molar-refractivity contribution is 7.92. The number of nitrogens with zero attached hydrogens (tertiary/aromatic N) is 1. The summed E-state index contributed by atoms with van der Waals surface area (Å²) in [6, 6.07) is 13.1. The second-order valence-corrected chi connectivity index (χ2v) is 7.07. The van der Waals surface area contributed by atoms with Crippen LogP contribution in [0.4, 0.5) is 5.69 Å². The molecule has 22 heavy (non-hydrogen) atoms. The van der Waals surface area contributed by atoms with Crippen molar-refractivity contribution in [1.29, 1.82) is 0 Å². The van der Waals surface area contributed by atoms with Gasteiger partial charge in [0.05, 0.1) is 17.0 Å². The highest BCUT2D eigenvalue weighted by atomic mass is 32.2. The van der Waals surface area contributed by atoms with E-state index in [2.05, 4.69) is 0 Å². The van der Waals surface area contributed by atoms with Crippen LogP contribution in [-0.4, -0.2) is 26.5 Å². The van der Waals surface area contributed by atoms with Gasteiger partial charge in [0.1, 0.15) is 0 Å². The summed E-state index contributed by atoms with van der Waals surface area (Å²) in [5.74, 6) is -1.23. The van der Waals surface area contributed by atoms with Crippen LogP contribution in [0, 0.1) is 6.92 Å². The summed E-state index contributed by atoms with van der Waals surface area (Å²) in [6.45, 7) is 1.90. The maximum absolute atomic E-state index is 12.5. The zero-order valence-electron chi connectivity index (χ0n) is 12.4. The van der Waals surface area contributed by atoms with Crippen molar-refractivity contribution in [3.8, 4) is 0 Å². The van der Waals surface area contributed by atoms with Crippen LogP contribution in [0.3, 0.4) is 0 Å². The van der Waals surface area contributed by atoms with Crippen LogP contribution in [-0.2, 0) is 15.8 Å². The van der Waals surface area contributed by atoms with Gasteiger partial charge in [-0.05, 0) is 30.7 Å². The Labute approximate surface area is 129 Å². The average molecular weight is 319 g/mol. The van der Waals surface area contributed by atoms with Crippen LogP contribution in [0.25, 0.3) is 0 Å². The van der Waals surface area contributed by atoms with Crippen LogP contribution in [0.1, 0.15) is 21.5 Å². The number of hydrogen-bond donors (Lipinski definition) is 1. The second-order valence-electron chi connectivity index (χ2n) is 5.07. The average Bonchev–Trinajstić information content (AvgIpc) is 2.46. The number of benzene rings is 2. The predicted molar refractivity (Wildman–Crippen MR) is 85.6 cm³/mol. The minimum atomic E-state index is -3.59. The highest BCUT2D eigenvalue weighted by Gasteiger charge is 2.20. The molecule has 6 heteroatoms. The Morgan fingerprint density at radius 1 is 1.14 bits per heavy atom. The third-order valence-electron chi connectivity index (χ3n) is 3.31. The number of carboxylic acid groups (broad SMARTS) is 1. The van der Waals surface area contributed by atoms with Gasteiger partial charge in [0.25, 0.3) is 0 Å². The molecule has 2 aromatic carbocycles. The van der Waals surface area contributed by atoms with Gasteiger partial charge >= 0.3 is 5.97 Å². The van der Waals surface area contributed by atoms with E-state index in [9.17, 15) is 13.2 Å². The van der Waals surface area contributed by atoms with Crippen LogP contribution >= 0.6 is 0 Å². The first-order valence-electron chi connectivity index (χ1n) is 6.65. The first-order chi connectivity index (χ1) is 10.3. The quantitative estimate of drug-likeness (QED) is 0.919. The Balaban J connectivity index is 2.29. The summed E-state index contributed by atoms with van der Waals surface area (Å²) >= 11 is 0. The molecule has 0 unspecified atom stereocenters. The Morgan fingerprint density at radius 3 is 2.45 bits per heavy atom. The van der Waals surface area contributed by atoms with E-state index in [1.807, 2.05) is 25.1 Å². The van der Waals surface area contributed by atoms with Crippen LogP contribution < -0.4 is 4.31 Å². The molecule has 0 radical (unpaired) electrons. The molecule has 0 aromatic heterocycles. The number of carbonyl (C=O) groups is 1. The molecule has 1 N–H and O–H groups in total. The minimum Gasteiger partial charge on any atom is -0.478 e. The van der Waals surface area contributed by atoms with Gasteiger partial charge in [-0.25, -0.2) is 13.2 Å². The van der Waals surface area contributed by atoms with Crippen molar-refractivity contribution in [2.75, 3.05) is 11.4 Å². The first kappa shape index (κ1) is 16.0. The first-order valence-corrected chi connectivity index (χ1v) is 8.26. The lowest BCUT2D eigenvalue weighted by Crippen LogP contribution is -2.28. The molecule has 2 rings (SSSR count). The van der Waals surface area contributed by atoms with Crippen LogP contribution in [0.15, 0.2) is 48.5 Å². The molecule has 0 heterocycles. The Kier molecular flexibility index (Phi) is 4.51. The molecule has 0 aliphatic heterocycles. The van der Waals surface area contributed by atoms with Crippen molar-refractivity contribution >= 4 is 21.7 Å². The fourth-order valence-corrected chi connectivity index (χ4v) is 3.33. The van der Waals surface area contributed by atoms with Crippen molar-refractivity contribution in [1.82, 2.24) is 0 Å². The summed E-state index contributed by atoms with van der Waals surface area (Å²) in [5.41, 5.74) is 2.06. The number of anilines is 1. The van der Waals surface area contributed by atoms with Crippen molar-refractivity contribution in [3.05, 3.63) is 65.2 Å². The number of aryl methyl sites for hydroxylation is 1. The van der Waals surface area contributed by atoms with Crippen LogP contribution in [0.5, 0.6) is 0 Å². The summed E-state index contributed by atoms with van der Waals surface area (Å²) in [7, 11) is -2.16. The standard InChI is InChI=1S/C16H17NO4S/c1-12-5-3-6-13(9-12)11-22(20,21)17(2)15-8-4-7-14(10-15)16(18)19/h3-10H,11H2,1-2H3,(H,18,19). The molecule has 116 valence electrons. The molecule has 5 nitrogen and oxygen atoms in total. The van der Waals surface area contributed by atoms with E-state index in [-0.39, 0.29) is 11.3 Å². The lowest BCUT2D eigenvalue weighted by molar-refractivity contribution is 0.0697. The van der Waals surface area contributed by atoms with E-state index >= 15 is 0 Å². The number of sulfonamides is 1. The fraction of sp³-hybridized carbons (Fsp3) is 0.188. The number of carboxylic acids is 1. The largest absolute Gasteiger partial charge is 0.478 e. The second kappa shape index (κ2) is 6.19. The lowest BCUT2D eigenvalue weighted by atomic mass is 10.2. The van der Waals surface area contributed by atoms with Gasteiger partial charge in [0.15, 0.2) is 0 Å². The molecule has 0 saturated heterocycles. The zero-order chi connectivity index (χ0) is 16.3.